The van der Waals surface area contributed by atoms with E-state index in [4.69, 9.17) is 32.8 Å². The van der Waals surface area contributed by atoms with Gasteiger partial charge in [-0.05, 0) is 49.1 Å². The molecule has 16 heteroatoms. The lowest BCUT2D eigenvalue weighted by Crippen LogP contribution is -2.70. The number of ether oxygens (including phenoxy) is 6. The first-order valence-electron chi connectivity index (χ1n) is 17.1. The number of hydrogen-bond donors (Lipinski definition) is 6. The van der Waals surface area contributed by atoms with Gasteiger partial charge in [-0.2, -0.15) is 0 Å². The maximum absolute atomic E-state index is 13.4. The number of furan rings is 1. The van der Waals surface area contributed by atoms with Gasteiger partial charge in [-0.15, -0.1) is 0 Å². The zero-order valence-corrected chi connectivity index (χ0v) is 28.8. The number of cyclic esters (lactones) is 1. The quantitative estimate of drug-likeness (QED) is 0.117. The molecule has 0 radical (unpaired) electrons. The summed E-state index contributed by atoms with van der Waals surface area (Å²) >= 11 is 0. The van der Waals surface area contributed by atoms with Crippen molar-refractivity contribution in [2.75, 3.05) is 13.7 Å². The molecular formula is C36H44O16. The molecule has 4 aliphatic rings. The number of carbonyl (C=O) groups excluding carboxylic acids is 3. The van der Waals surface area contributed by atoms with E-state index < -0.39 is 102 Å². The van der Waals surface area contributed by atoms with Crippen LogP contribution in [0.2, 0.25) is 0 Å². The normalized spacial score (nSPS) is 38.8. The smallest absolute Gasteiger partial charge is 0.339 e. The van der Waals surface area contributed by atoms with Crippen LogP contribution >= 0.6 is 0 Å². The molecule has 2 aromatic rings. The molecule has 0 unspecified atom stereocenters. The molecule has 3 heterocycles. The SMILES string of the molecule is COc1cc(/C=C/C(=O)O[C@@H]2C[C@H](OC(C)=O)[C@H](O)[C@@H]3[C@@H]2CC[C@@]2(O)C(=O)O[C@H](c4ccoc4)C[C@@]32C)ccc1O[C@@H]1O[C@H](CO)[C@@H](O)[C@H](O)[C@H]1O. The Kier molecular flexibility index (Phi) is 10.7. The van der Waals surface area contributed by atoms with Crippen molar-refractivity contribution in [3.05, 3.63) is 54.0 Å². The standard InChI is InChI=1S/C36H44O16/c1-17(38)48-24-13-22(20-8-10-36(45)34(44)52-25(19-9-11-47-16-19)14-35(36,2)28(20)29(24)40)49-27(39)7-5-18-4-6-21(23(12-18)46-3)50-33-32(43)31(42)30(41)26(15-37)51-33/h4-7,9,11-12,16,20,22,24-26,28-33,37,40-43,45H,8,10,13-15H2,1-3H3/b7-5+/t20-,22-,24+,25+,26-,28+,29+,30-,31+,32-,33-,35+,36-/m1/s1. The molecule has 4 fully saturated rings. The van der Waals surface area contributed by atoms with Crippen molar-refractivity contribution in [3.63, 3.8) is 0 Å². The van der Waals surface area contributed by atoms with Crippen LogP contribution in [0.15, 0.2) is 47.3 Å². The second-order valence-electron chi connectivity index (χ2n) is 14.1. The molecule has 2 aliphatic carbocycles. The van der Waals surface area contributed by atoms with Gasteiger partial charge in [-0.1, -0.05) is 13.0 Å². The minimum atomic E-state index is -1.96. The Morgan fingerprint density at radius 1 is 1.02 bits per heavy atom. The predicted octanol–water partition coefficient (Wildman–Crippen LogP) is 0.540. The topological polar surface area (TPSA) is 241 Å². The monoisotopic (exact) mass is 732 g/mol. The first-order valence-corrected chi connectivity index (χ1v) is 17.1. The zero-order chi connectivity index (χ0) is 37.5. The van der Waals surface area contributed by atoms with Gasteiger partial charge in [-0.25, -0.2) is 9.59 Å². The Bertz CT molecular complexity index is 1640. The van der Waals surface area contributed by atoms with Crippen molar-refractivity contribution in [2.45, 2.75) is 100 Å². The number of aliphatic hydroxyl groups is 6. The molecule has 2 aliphatic heterocycles. The molecule has 52 heavy (non-hydrogen) atoms. The number of methoxy groups -OCH3 is 1. The van der Waals surface area contributed by atoms with Gasteiger partial charge in [0.2, 0.25) is 6.29 Å². The van der Waals surface area contributed by atoms with Crippen LogP contribution in [0.1, 0.15) is 56.8 Å². The van der Waals surface area contributed by atoms with Crippen LogP contribution < -0.4 is 9.47 Å². The summed E-state index contributed by atoms with van der Waals surface area (Å²) in [5.41, 5.74) is -2.17. The van der Waals surface area contributed by atoms with E-state index in [0.29, 0.717) is 11.1 Å². The van der Waals surface area contributed by atoms with Crippen LogP contribution in [0.5, 0.6) is 11.5 Å². The van der Waals surface area contributed by atoms with Crippen LogP contribution in [0.3, 0.4) is 0 Å². The molecule has 6 N–H and O–H groups in total. The summed E-state index contributed by atoms with van der Waals surface area (Å²) in [7, 11) is 1.36. The minimum absolute atomic E-state index is 0.00616. The maximum Gasteiger partial charge on any atom is 0.339 e. The Balaban J connectivity index is 1.20. The lowest BCUT2D eigenvalue weighted by Gasteiger charge is -2.61. The summed E-state index contributed by atoms with van der Waals surface area (Å²) in [4.78, 5) is 38.8. The van der Waals surface area contributed by atoms with Crippen molar-refractivity contribution in [1.82, 2.24) is 0 Å². The molecule has 2 saturated carbocycles. The predicted molar refractivity (Wildman–Crippen MR) is 174 cm³/mol. The molecule has 0 bridgehead atoms. The Morgan fingerprint density at radius 2 is 1.79 bits per heavy atom. The molecule has 16 nitrogen and oxygen atoms in total. The van der Waals surface area contributed by atoms with Gasteiger partial charge >= 0.3 is 17.9 Å². The second kappa shape index (κ2) is 14.8. The number of carbonyl (C=O) groups is 3. The largest absolute Gasteiger partial charge is 0.493 e. The summed E-state index contributed by atoms with van der Waals surface area (Å²) in [5.74, 6) is -3.31. The highest BCUT2D eigenvalue weighted by molar-refractivity contribution is 5.87. The lowest BCUT2D eigenvalue weighted by molar-refractivity contribution is -0.277. The fourth-order valence-corrected chi connectivity index (χ4v) is 8.34. The molecule has 13 atom stereocenters. The highest BCUT2D eigenvalue weighted by Crippen LogP contribution is 2.62. The van der Waals surface area contributed by atoms with E-state index in [0.717, 1.165) is 0 Å². The third kappa shape index (κ3) is 6.79. The average molecular weight is 733 g/mol. The van der Waals surface area contributed by atoms with Gasteiger partial charge in [0.05, 0.1) is 32.3 Å². The van der Waals surface area contributed by atoms with Gasteiger partial charge in [0.25, 0.3) is 0 Å². The average Bonchev–Trinajstić information content (AvgIpc) is 3.66. The fraction of sp³-hybridized carbons (Fsp3) is 0.583. The molecule has 0 spiro atoms. The van der Waals surface area contributed by atoms with Crippen LogP contribution in [-0.2, 0) is 33.3 Å². The highest BCUT2D eigenvalue weighted by atomic mass is 16.7. The Hall–Kier alpha value is -4.03. The Labute approximate surface area is 298 Å². The molecule has 6 rings (SSSR count). The first kappa shape index (κ1) is 37.7. The summed E-state index contributed by atoms with van der Waals surface area (Å²) in [5, 5.41) is 63.5. The second-order valence-corrected chi connectivity index (χ2v) is 14.1. The highest BCUT2D eigenvalue weighted by Gasteiger charge is 2.69. The lowest BCUT2D eigenvalue weighted by atomic mass is 9.47. The van der Waals surface area contributed by atoms with Crippen molar-refractivity contribution < 1.29 is 77.9 Å². The van der Waals surface area contributed by atoms with Gasteiger partial charge in [0, 0.05) is 42.2 Å². The fourth-order valence-electron chi connectivity index (χ4n) is 8.34. The number of rotatable bonds is 9. The van der Waals surface area contributed by atoms with Crippen molar-refractivity contribution in [1.29, 1.82) is 0 Å². The van der Waals surface area contributed by atoms with Gasteiger partial charge in [0.15, 0.2) is 17.1 Å². The summed E-state index contributed by atoms with van der Waals surface area (Å²) in [6.45, 7) is 2.27. The maximum atomic E-state index is 13.4. The summed E-state index contributed by atoms with van der Waals surface area (Å²) in [6.07, 6.45) is -5.62. The number of benzene rings is 1. The number of hydrogen-bond acceptors (Lipinski definition) is 16. The van der Waals surface area contributed by atoms with Crippen molar-refractivity contribution >= 4 is 24.0 Å². The number of esters is 3. The molecule has 0 amide bonds. The third-order valence-electron chi connectivity index (χ3n) is 11.1. The molecule has 284 valence electrons. The van der Waals surface area contributed by atoms with E-state index in [2.05, 4.69) is 0 Å². The van der Waals surface area contributed by atoms with E-state index in [1.165, 1.54) is 50.8 Å². The molecule has 1 aromatic heterocycles. The van der Waals surface area contributed by atoms with E-state index in [1.807, 2.05) is 0 Å². The van der Waals surface area contributed by atoms with Crippen LogP contribution in [0, 0.1) is 17.3 Å². The summed E-state index contributed by atoms with van der Waals surface area (Å²) in [6, 6.07) is 6.21. The van der Waals surface area contributed by atoms with Gasteiger partial charge in [0.1, 0.15) is 42.7 Å². The minimum Gasteiger partial charge on any atom is -0.493 e. The first-order chi connectivity index (χ1) is 24.7. The van der Waals surface area contributed by atoms with E-state index in [1.54, 1.807) is 19.1 Å². The number of fused-ring (bicyclic) bond motifs is 3. The van der Waals surface area contributed by atoms with Crippen molar-refractivity contribution in [3.8, 4) is 11.5 Å². The van der Waals surface area contributed by atoms with Crippen LogP contribution in [0.4, 0.5) is 0 Å². The molecular weight excluding hydrogens is 688 g/mol. The Morgan fingerprint density at radius 3 is 2.46 bits per heavy atom. The molecule has 2 saturated heterocycles. The van der Waals surface area contributed by atoms with Crippen LogP contribution in [-0.4, -0.2) is 117 Å². The van der Waals surface area contributed by atoms with Crippen LogP contribution in [0.25, 0.3) is 6.08 Å². The van der Waals surface area contributed by atoms with Gasteiger partial charge in [-0.3, -0.25) is 4.79 Å². The number of aliphatic hydroxyl groups excluding tert-OH is 5. The van der Waals surface area contributed by atoms with E-state index >= 15 is 0 Å². The molecule has 1 aromatic carbocycles. The zero-order valence-electron chi connectivity index (χ0n) is 28.8. The summed E-state index contributed by atoms with van der Waals surface area (Å²) < 4.78 is 38.8. The van der Waals surface area contributed by atoms with E-state index in [-0.39, 0.29) is 37.2 Å². The third-order valence-corrected chi connectivity index (χ3v) is 11.1. The van der Waals surface area contributed by atoms with Crippen molar-refractivity contribution in [2.24, 2.45) is 17.3 Å². The van der Waals surface area contributed by atoms with E-state index in [9.17, 15) is 45.0 Å². The van der Waals surface area contributed by atoms with Gasteiger partial charge < -0.3 is 63.5 Å².